The Labute approximate surface area is 106 Å². The van der Waals surface area contributed by atoms with Crippen LogP contribution in [0.2, 0.25) is 0 Å². The molecular weight excluding hydrogens is 264 g/mol. The molecule has 0 saturated carbocycles. The van der Waals surface area contributed by atoms with E-state index in [0.717, 1.165) is 25.7 Å². The summed E-state index contributed by atoms with van der Waals surface area (Å²) in [4.78, 5) is 2.47. The van der Waals surface area contributed by atoms with E-state index in [4.69, 9.17) is 0 Å². The minimum atomic E-state index is 0.736. The molecule has 0 atom stereocenters. The second kappa shape index (κ2) is 5.80. The molecule has 0 amide bonds. The summed E-state index contributed by atoms with van der Waals surface area (Å²) in [6.07, 6.45) is 2.54. The highest BCUT2D eigenvalue weighted by Crippen LogP contribution is 2.16. The quantitative estimate of drug-likeness (QED) is 0.917. The van der Waals surface area contributed by atoms with E-state index in [1.54, 1.807) is 0 Å². The second-order valence-electron chi connectivity index (χ2n) is 4.53. The Balaban J connectivity index is 1.93. The average molecular weight is 283 g/mol. The highest BCUT2D eigenvalue weighted by atomic mass is 79.9. The van der Waals surface area contributed by atoms with Gasteiger partial charge in [-0.05, 0) is 50.7 Å². The lowest BCUT2D eigenvalue weighted by atomic mass is 10.0. The van der Waals surface area contributed by atoms with Crippen molar-refractivity contribution in [3.63, 3.8) is 0 Å². The van der Waals surface area contributed by atoms with Crippen LogP contribution in [0.1, 0.15) is 18.4 Å². The summed E-state index contributed by atoms with van der Waals surface area (Å²) in [5, 5.41) is 3.41. The Bertz CT molecular complexity index is 334. The SMILES string of the molecule is CN(Cc1cccc(Br)c1)C1CCNCC1. The molecule has 0 aromatic heterocycles. The lowest BCUT2D eigenvalue weighted by Gasteiger charge is -2.31. The van der Waals surface area contributed by atoms with Crippen LogP contribution in [0.15, 0.2) is 28.7 Å². The number of rotatable bonds is 3. The first-order valence-electron chi connectivity index (χ1n) is 5.91. The molecule has 1 heterocycles. The molecule has 1 aromatic carbocycles. The zero-order valence-electron chi connectivity index (χ0n) is 9.75. The van der Waals surface area contributed by atoms with Crippen molar-refractivity contribution in [3.05, 3.63) is 34.3 Å². The largest absolute Gasteiger partial charge is 0.317 e. The molecule has 16 heavy (non-hydrogen) atoms. The van der Waals surface area contributed by atoms with Gasteiger partial charge in [0.15, 0.2) is 0 Å². The molecule has 0 aliphatic carbocycles. The number of hydrogen-bond acceptors (Lipinski definition) is 2. The molecule has 1 aromatic rings. The molecule has 0 bridgehead atoms. The van der Waals surface area contributed by atoms with Gasteiger partial charge in [0.25, 0.3) is 0 Å². The van der Waals surface area contributed by atoms with Gasteiger partial charge in [0, 0.05) is 17.1 Å². The fourth-order valence-corrected chi connectivity index (χ4v) is 2.75. The molecule has 1 aliphatic rings. The van der Waals surface area contributed by atoms with E-state index in [-0.39, 0.29) is 0 Å². The first kappa shape index (κ1) is 12.1. The monoisotopic (exact) mass is 282 g/mol. The first-order chi connectivity index (χ1) is 7.75. The smallest absolute Gasteiger partial charge is 0.0234 e. The van der Waals surface area contributed by atoms with Gasteiger partial charge in [-0.2, -0.15) is 0 Å². The fourth-order valence-electron chi connectivity index (χ4n) is 2.30. The van der Waals surface area contributed by atoms with E-state index in [1.165, 1.54) is 22.9 Å². The minimum absolute atomic E-state index is 0.736. The normalized spacial score (nSPS) is 17.9. The summed E-state index contributed by atoms with van der Waals surface area (Å²) in [7, 11) is 2.23. The highest BCUT2D eigenvalue weighted by molar-refractivity contribution is 9.10. The van der Waals surface area contributed by atoms with Gasteiger partial charge in [0.2, 0.25) is 0 Å². The number of piperidine rings is 1. The molecule has 1 aliphatic heterocycles. The van der Waals surface area contributed by atoms with Crippen molar-refractivity contribution in [1.29, 1.82) is 0 Å². The predicted molar refractivity (Wildman–Crippen MR) is 71.5 cm³/mol. The molecule has 1 fully saturated rings. The van der Waals surface area contributed by atoms with Crippen molar-refractivity contribution in [3.8, 4) is 0 Å². The Morgan fingerprint density at radius 2 is 2.12 bits per heavy atom. The van der Waals surface area contributed by atoms with Crippen LogP contribution in [0.5, 0.6) is 0 Å². The third kappa shape index (κ3) is 3.30. The van der Waals surface area contributed by atoms with Crippen LogP contribution in [0.4, 0.5) is 0 Å². The fraction of sp³-hybridized carbons (Fsp3) is 0.538. The van der Waals surface area contributed by atoms with Gasteiger partial charge in [-0.1, -0.05) is 28.1 Å². The Morgan fingerprint density at radius 1 is 1.38 bits per heavy atom. The predicted octanol–water partition coefficient (Wildman–Crippen LogP) is 2.63. The lowest BCUT2D eigenvalue weighted by molar-refractivity contribution is 0.192. The molecule has 0 unspecified atom stereocenters. The molecular formula is C13H19BrN2. The first-order valence-corrected chi connectivity index (χ1v) is 6.70. The average Bonchev–Trinajstić information content (AvgIpc) is 2.30. The van der Waals surface area contributed by atoms with E-state index in [0.29, 0.717) is 0 Å². The Hall–Kier alpha value is -0.380. The van der Waals surface area contributed by atoms with Crippen molar-refractivity contribution in [1.82, 2.24) is 10.2 Å². The summed E-state index contributed by atoms with van der Waals surface area (Å²) >= 11 is 3.52. The molecule has 0 spiro atoms. The van der Waals surface area contributed by atoms with Gasteiger partial charge in [-0.25, -0.2) is 0 Å². The molecule has 2 rings (SSSR count). The van der Waals surface area contributed by atoms with Crippen molar-refractivity contribution < 1.29 is 0 Å². The molecule has 88 valence electrons. The number of nitrogens with zero attached hydrogens (tertiary/aromatic N) is 1. The van der Waals surface area contributed by atoms with E-state index in [1.807, 2.05) is 0 Å². The van der Waals surface area contributed by atoms with Gasteiger partial charge in [-0.15, -0.1) is 0 Å². The van der Waals surface area contributed by atoms with Crippen LogP contribution >= 0.6 is 15.9 Å². The maximum atomic E-state index is 3.52. The van der Waals surface area contributed by atoms with E-state index in [2.05, 4.69) is 57.5 Å². The van der Waals surface area contributed by atoms with Crippen LogP contribution in [0.3, 0.4) is 0 Å². The number of benzene rings is 1. The van der Waals surface area contributed by atoms with Crippen molar-refractivity contribution >= 4 is 15.9 Å². The number of hydrogen-bond donors (Lipinski definition) is 1. The molecule has 1 saturated heterocycles. The van der Waals surface area contributed by atoms with Crippen molar-refractivity contribution in [2.45, 2.75) is 25.4 Å². The van der Waals surface area contributed by atoms with Crippen LogP contribution in [0, 0.1) is 0 Å². The van der Waals surface area contributed by atoms with Crippen LogP contribution in [0.25, 0.3) is 0 Å². The summed E-state index contributed by atoms with van der Waals surface area (Å²) in [5.74, 6) is 0. The van der Waals surface area contributed by atoms with Gasteiger partial charge in [0.05, 0.1) is 0 Å². The number of halogens is 1. The van der Waals surface area contributed by atoms with Crippen LogP contribution < -0.4 is 5.32 Å². The van der Waals surface area contributed by atoms with Crippen LogP contribution in [-0.4, -0.2) is 31.1 Å². The zero-order valence-corrected chi connectivity index (χ0v) is 11.3. The third-order valence-corrected chi connectivity index (χ3v) is 3.75. The second-order valence-corrected chi connectivity index (χ2v) is 5.44. The minimum Gasteiger partial charge on any atom is -0.317 e. The van der Waals surface area contributed by atoms with Gasteiger partial charge < -0.3 is 5.32 Å². The van der Waals surface area contributed by atoms with Gasteiger partial charge >= 0.3 is 0 Å². The standard InChI is InChI=1S/C13H19BrN2/c1-16(13-5-7-15-8-6-13)10-11-3-2-4-12(14)9-11/h2-4,9,13,15H,5-8,10H2,1H3. The molecule has 2 nitrogen and oxygen atoms in total. The topological polar surface area (TPSA) is 15.3 Å². The van der Waals surface area contributed by atoms with Crippen LogP contribution in [-0.2, 0) is 6.54 Å². The lowest BCUT2D eigenvalue weighted by Crippen LogP contribution is -2.40. The van der Waals surface area contributed by atoms with E-state index >= 15 is 0 Å². The highest BCUT2D eigenvalue weighted by Gasteiger charge is 2.17. The third-order valence-electron chi connectivity index (χ3n) is 3.25. The summed E-state index contributed by atoms with van der Waals surface area (Å²) < 4.78 is 1.17. The Morgan fingerprint density at radius 3 is 2.81 bits per heavy atom. The summed E-state index contributed by atoms with van der Waals surface area (Å²) in [6, 6.07) is 9.32. The zero-order chi connectivity index (χ0) is 11.4. The number of nitrogens with one attached hydrogen (secondary N) is 1. The maximum Gasteiger partial charge on any atom is 0.0234 e. The van der Waals surface area contributed by atoms with Crippen molar-refractivity contribution in [2.24, 2.45) is 0 Å². The molecule has 1 N–H and O–H groups in total. The van der Waals surface area contributed by atoms with Crippen molar-refractivity contribution in [2.75, 3.05) is 20.1 Å². The summed E-state index contributed by atoms with van der Waals surface area (Å²) in [6.45, 7) is 3.37. The molecule has 0 radical (unpaired) electrons. The Kier molecular flexibility index (Phi) is 4.38. The van der Waals surface area contributed by atoms with E-state index < -0.39 is 0 Å². The molecule has 3 heteroatoms. The van der Waals surface area contributed by atoms with Gasteiger partial charge in [0.1, 0.15) is 0 Å². The van der Waals surface area contributed by atoms with Gasteiger partial charge in [-0.3, -0.25) is 4.90 Å². The van der Waals surface area contributed by atoms with E-state index in [9.17, 15) is 0 Å². The summed E-state index contributed by atoms with van der Waals surface area (Å²) in [5.41, 5.74) is 1.38. The maximum absolute atomic E-state index is 3.52.